The van der Waals surface area contributed by atoms with E-state index in [2.05, 4.69) is 27.9 Å². The molecule has 18 heavy (non-hydrogen) atoms. The number of anilines is 1. The summed E-state index contributed by atoms with van der Waals surface area (Å²) in [6.45, 7) is 0.466. The predicted molar refractivity (Wildman–Crippen MR) is 82.9 cm³/mol. The minimum Gasteiger partial charge on any atom is -0.380 e. The van der Waals surface area contributed by atoms with Crippen molar-refractivity contribution in [1.82, 2.24) is 0 Å². The fourth-order valence-corrected chi connectivity index (χ4v) is 2.76. The maximum absolute atomic E-state index is 13.3. The minimum atomic E-state index is -0.401. The molecule has 0 atom stereocenters. The first-order chi connectivity index (χ1) is 8.58. The molecule has 0 radical (unpaired) electrons. The Morgan fingerprint density at radius 3 is 2.67 bits per heavy atom. The zero-order valence-electron chi connectivity index (χ0n) is 9.18. The van der Waals surface area contributed by atoms with Crippen LogP contribution >= 0.6 is 45.8 Å². The van der Waals surface area contributed by atoms with Crippen LogP contribution in [0.5, 0.6) is 0 Å². The van der Waals surface area contributed by atoms with Gasteiger partial charge in [0.25, 0.3) is 0 Å². The summed E-state index contributed by atoms with van der Waals surface area (Å²) in [5.41, 5.74) is 1.67. The standard InChI is InChI=1S/C13H9Cl2FIN/c14-9-4-5-12(11(17)6-9)18-7-8-2-1-3-10(16)13(8)15/h1-6,18H,7H2. The Morgan fingerprint density at radius 2 is 1.94 bits per heavy atom. The molecule has 0 amide bonds. The van der Waals surface area contributed by atoms with Gasteiger partial charge in [-0.1, -0.05) is 35.3 Å². The van der Waals surface area contributed by atoms with Gasteiger partial charge in [-0.2, -0.15) is 0 Å². The smallest absolute Gasteiger partial charge is 0.142 e. The first kappa shape index (κ1) is 13.9. The largest absolute Gasteiger partial charge is 0.380 e. The van der Waals surface area contributed by atoms with Crippen LogP contribution in [0, 0.1) is 9.39 Å². The normalized spacial score (nSPS) is 10.4. The van der Waals surface area contributed by atoms with Crippen LogP contribution in [0.3, 0.4) is 0 Å². The molecule has 1 N–H and O–H groups in total. The third-order valence-electron chi connectivity index (χ3n) is 2.43. The average Bonchev–Trinajstić information content (AvgIpc) is 2.33. The van der Waals surface area contributed by atoms with Gasteiger partial charge in [0, 0.05) is 20.8 Å². The minimum absolute atomic E-state index is 0.161. The van der Waals surface area contributed by atoms with Crippen molar-refractivity contribution >= 4 is 51.5 Å². The van der Waals surface area contributed by atoms with Gasteiger partial charge < -0.3 is 5.32 Å². The SMILES string of the molecule is Fc1cccc(CNc2ccc(Cl)cc2I)c1Cl. The van der Waals surface area contributed by atoms with Crippen molar-refractivity contribution in [2.75, 3.05) is 5.32 Å². The van der Waals surface area contributed by atoms with Gasteiger partial charge in [0.2, 0.25) is 0 Å². The van der Waals surface area contributed by atoms with E-state index in [0.717, 1.165) is 14.8 Å². The second-order valence-corrected chi connectivity index (χ2v) is 5.67. The molecule has 2 aromatic rings. The zero-order chi connectivity index (χ0) is 13.1. The Kier molecular flexibility index (Phi) is 4.70. The number of rotatable bonds is 3. The summed E-state index contributed by atoms with van der Waals surface area (Å²) < 4.78 is 14.3. The van der Waals surface area contributed by atoms with E-state index >= 15 is 0 Å². The quantitative estimate of drug-likeness (QED) is 0.690. The van der Waals surface area contributed by atoms with Gasteiger partial charge in [-0.3, -0.25) is 0 Å². The lowest BCUT2D eigenvalue weighted by molar-refractivity contribution is 0.626. The van der Waals surface area contributed by atoms with Gasteiger partial charge >= 0.3 is 0 Å². The van der Waals surface area contributed by atoms with E-state index in [9.17, 15) is 4.39 Å². The molecule has 5 heteroatoms. The molecule has 0 saturated heterocycles. The number of hydrogen-bond donors (Lipinski definition) is 1. The van der Waals surface area contributed by atoms with Crippen LogP contribution in [0.1, 0.15) is 5.56 Å². The summed E-state index contributed by atoms with van der Waals surface area (Å²) in [5, 5.41) is 4.06. The number of halogens is 4. The predicted octanol–water partition coefficient (Wildman–Crippen LogP) is 5.35. The highest BCUT2D eigenvalue weighted by molar-refractivity contribution is 14.1. The lowest BCUT2D eigenvalue weighted by atomic mass is 10.2. The number of hydrogen-bond acceptors (Lipinski definition) is 1. The van der Waals surface area contributed by atoms with E-state index in [1.807, 2.05) is 12.1 Å². The molecule has 0 saturated carbocycles. The van der Waals surface area contributed by atoms with Crippen LogP contribution in [0.2, 0.25) is 10.0 Å². The molecular weight excluding hydrogens is 387 g/mol. The van der Waals surface area contributed by atoms with Crippen LogP contribution in [0.4, 0.5) is 10.1 Å². The molecule has 0 aliphatic carbocycles. The van der Waals surface area contributed by atoms with E-state index in [-0.39, 0.29) is 5.02 Å². The second-order valence-electron chi connectivity index (χ2n) is 3.69. The lowest BCUT2D eigenvalue weighted by Gasteiger charge is -2.10. The van der Waals surface area contributed by atoms with Gasteiger partial charge in [0.15, 0.2) is 0 Å². The van der Waals surface area contributed by atoms with Crippen molar-refractivity contribution in [2.45, 2.75) is 6.54 Å². The molecule has 0 aromatic heterocycles. The summed E-state index contributed by atoms with van der Waals surface area (Å²) >= 11 is 14.0. The van der Waals surface area contributed by atoms with Crippen molar-refractivity contribution < 1.29 is 4.39 Å². The van der Waals surface area contributed by atoms with Crippen LogP contribution in [-0.4, -0.2) is 0 Å². The second kappa shape index (κ2) is 6.08. The van der Waals surface area contributed by atoms with Gasteiger partial charge in [-0.05, 0) is 52.4 Å². The maximum Gasteiger partial charge on any atom is 0.142 e. The zero-order valence-corrected chi connectivity index (χ0v) is 12.9. The molecule has 0 heterocycles. The summed E-state index contributed by atoms with van der Waals surface area (Å²) in [4.78, 5) is 0. The van der Waals surface area contributed by atoms with Crippen LogP contribution in [0.15, 0.2) is 36.4 Å². The third kappa shape index (κ3) is 3.28. The number of benzene rings is 2. The molecule has 0 bridgehead atoms. The van der Waals surface area contributed by atoms with Gasteiger partial charge in [0.05, 0.1) is 5.02 Å². The molecule has 94 valence electrons. The first-order valence-corrected chi connectivity index (χ1v) is 7.03. The van der Waals surface area contributed by atoms with Crippen molar-refractivity contribution in [1.29, 1.82) is 0 Å². The Labute approximate surface area is 128 Å². The fraction of sp³-hybridized carbons (Fsp3) is 0.0769. The highest BCUT2D eigenvalue weighted by atomic mass is 127. The van der Waals surface area contributed by atoms with Crippen molar-refractivity contribution in [3.63, 3.8) is 0 Å². The highest BCUT2D eigenvalue weighted by Gasteiger charge is 2.06. The summed E-state index contributed by atoms with van der Waals surface area (Å²) in [6, 6.07) is 10.3. The van der Waals surface area contributed by atoms with Crippen LogP contribution in [0.25, 0.3) is 0 Å². The summed E-state index contributed by atoms with van der Waals surface area (Å²) in [7, 11) is 0. The van der Waals surface area contributed by atoms with Gasteiger partial charge in [-0.15, -0.1) is 0 Å². The molecule has 2 aromatic carbocycles. The Hall–Kier alpha value is -0.520. The van der Waals surface area contributed by atoms with E-state index in [0.29, 0.717) is 11.6 Å². The molecule has 2 rings (SSSR count). The maximum atomic E-state index is 13.3. The van der Waals surface area contributed by atoms with E-state index in [1.54, 1.807) is 18.2 Å². The van der Waals surface area contributed by atoms with Crippen molar-refractivity contribution in [3.05, 3.63) is 61.4 Å². The molecule has 0 aliphatic rings. The van der Waals surface area contributed by atoms with E-state index in [1.165, 1.54) is 6.07 Å². The van der Waals surface area contributed by atoms with Crippen molar-refractivity contribution in [2.24, 2.45) is 0 Å². The molecule has 0 spiro atoms. The van der Waals surface area contributed by atoms with Crippen molar-refractivity contribution in [3.8, 4) is 0 Å². The third-order valence-corrected chi connectivity index (χ3v) is 3.98. The number of nitrogens with one attached hydrogen (secondary N) is 1. The van der Waals surface area contributed by atoms with Crippen LogP contribution < -0.4 is 5.32 Å². The Bertz CT molecular complexity index is 575. The molecule has 0 fully saturated rings. The summed E-state index contributed by atoms with van der Waals surface area (Å²) in [6.07, 6.45) is 0. The highest BCUT2D eigenvalue weighted by Crippen LogP contribution is 2.25. The molecule has 0 unspecified atom stereocenters. The molecule has 0 aliphatic heterocycles. The van der Waals surface area contributed by atoms with Gasteiger partial charge in [0.1, 0.15) is 5.82 Å². The first-order valence-electron chi connectivity index (χ1n) is 5.20. The fourth-order valence-electron chi connectivity index (χ4n) is 1.51. The Morgan fingerprint density at radius 1 is 1.17 bits per heavy atom. The van der Waals surface area contributed by atoms with Crippen LogP contribution in [-0.2, 0) is 6.54 Å². The molecule has 1 nitrogen and oxygen atoms in total. The topological polar surface area (TPSA) is 12.0 Å². The monoisotopic (exact) mass is 395 g/mol. The molecular formula is C13H9Cl2FIN. The Balaban J connectivity index is 2.14. The van der Waals surface area contributed by atoms with Gasteiger partial charge in [-0.25, -0.2) is 4.39 Å². The average molecular weight is 396 g/mol. The van der Waals surface area contributed by atoms with E-state index < -0.39 is 5.82 Å². The summed E-state index contributed by atoms with van der Waals surface area (Å²) in [5.74, 6) is -0.401. The lowest BCUT2D eigenvalue weighted by Crippen LogP contribution is -2.02. The van der Waals surface area contributed by atoms with E-state index in [4.69, 9.17) is 23.2 Å².